The molecule has 0 aromatic carbocycles. The van der Waals surface area contributed by atoms with E-state index in [4.69, 9.17) is 11.5 Å². The summed E-state index contributed by atoms with van der Waals surface area (Å²) in [5, 5.41) is 0.471. The van der Waals surface area contributed by atoms with Crippen LogP contribution in [0.25, 0.3) is 10.6 Å². The average molecular weight is 192 g/mol. The van der Waals surface area contributed by atoms with E-state index in [1.807, 2.05) is 18.2 Å². The molecule has 0 bridgehead atoms. The quantitative estimate of drug-likeness (QED) is 0.715. The first-order valence-corrected chi connectivity index (χ1v) is 4.52. The molecular weight excluding hydrogens is 184 g/mol. The maximum absolute atomic E-state index is 5.65. The van der Waals surface area contributed by atoms with Crippen molar-refractivity contribution < 1.29 is 0 Å². The molecule has 0 saturated carbocycles. The van der Waals surface area contributed by atoms with Gasteiger partial charge in [0, 0.05) is 6.20 Å². The first kappa shape index (κ1) is 8.00. The fourth-order valence-electron chi connectivity index (χ4n) is 1.03. The van der Waals surface area contributed by atoms with E-state index in [9.17, 15) is 0 Å². The van der Waals surface area contributed by atoms with Crippen LogP contribution in [0.2, 0.25) is 0 Å². The van der Waals surface area contributed by atoms with Crippen LogP contribution in [-0.4, -0.2) is 9.97 Å². The Morgan fingerprint density at radius 2 is 2.08 bits per heavy atom. The lowest BCUT2D eigenvalue weighted by Crippen LogP contribution is -1.89. The van der Waals surface area contributed by atoms with Gasteiger partial charge < -0.3 is 11.5 Å². The molecule has 0 atom stereocenters. The second-order valence-electron chi connectivity index (χ2n) is 2.48. The largest absolute Gasteiger partial charge is 0.382 e. The lowest BCUT2D eigenvalue weighted by molar-refractivity contribution is 1.33. The van der Waals surface area contributed by atoms with Gasteiger partial charge in [-0.25, -0.2) is 4.98 Å². The van der Waals surface area contributed by atoms with Gasteiger partial charge in [0.15, 0.2) is 5.13 Å². The summed E-state index contributed by atoms with van der Waals surface area (Å²) in [6.07, 6.45) is 1.71. The molecule has 0 spiro atoms. The van der Waals surface area contributed by atoms with Gasteiger partial charge in [0.05, 0.1) is 10.6 Å². The molecule has 0 amide bonds. The van der Waals surface area contributed by atoms with E-state index >= 15 is 0 Å². The minimum atomic E-state index is 0.446. The molecule has 0 unspecified atom stereocenters. The van der Waals surface area contributed by atoms with Gasteiger partial charge in [-0.2, -0.15) is 0 Å². The van der Waals surface area contributed by atoms with Crippen LogP contribution < -0.4 is 11.5 Å². The maximum atomic E-state index is 5.65. The summed E-state index contributed by atoms with van der Waals surface area (Å²) in [5.74, 6) is 0.446. The zero-order valence-electron chi connectivity index (χ0n) is 6.77. The third-order valence-corrected chi connectivity index (χ3v) is 2.49. The van der Waals surface area contributed by atoms with Crippen molar-refractivity contribution in [2.24, 2.45) is 0 Å². The Balaban J connectivity index is 2.53. The van der Waals surface area contributed by atoms with Crippen molar-refractivity contribution in [2.75, 3.05) is 11.5 Å². The number of nitrogens with two attached hydrogens (primary N) is 2. The highest BCUT2D eigenvalue weighted by Gasteiger charge is 2.08. The lowest BCUT2D eigenvalue weighted by Gasteiger charge is -1.94. The van der Waals surface area contributed by atoms with E-state index in [-0.39, 0.29) is 0 Å². The van der Waals surface area contributed by atoms with Crippen LogP contribution in [0, 0.1) is 0 Å². The highest BCUT2D eigenvalue weighted by atomic mass is 32.1. The molecule has 0 aliphatic heterocycles. The van der Waals surface area contributed by atoms with E-state index in [0.29, 0.717) is 10.9 Å². The van der Waals surface area contributed by atoms with Gasteiger partial charge in [0.2, 0.25) is 0 Å². The van der Waals surface area contributed by atoms with Crippen LogP contribution in [0.15, 0.2) is 24.4 Å². The summed E-state index contributed by atoms with van der Waals surface area (Å²) in [7, 11) is 0. The van der Waals surface area contributed by atoms with Crippen molar-refractivity contribution in [3.05, 3.63) is 24.4 Å². The maximum Gasteiger partial charge on any atom is 0.182 e. The Hall–Kier alpha value is -1.62. The minimum Gasteiger partial charge on any atom is -0.382 e. The summed E-state index contributed by atoms with van der Waals surface area (Å²) in [6.45, 7) is 0. The van der Waals surface area contributed by atoms with Crippen molar-refractivity contribution in [1.82, 2.24) is 9.97 Å². The Morgan fingerprint density at radius 3 is 2.62 bits per heavy atom. The molecule has 0 fully saturated rings. The van der Waals surface area contributed by atoms with Gasteiger partial charge in [0.25, 0.3) is 0 Å². The number of thiazole rings is 1. The van der Waals surface area contributed by atoms with Gasteiger partial charge in [-0.05, 0) is 12.1 Å². The smallest absolute Gasteiger partial charge is 0.182 e. The van der Waals surface area contributed by atoms with Crippen molar-refractivity contribution in [1.29, 1.82) is 0 Å². The predicted octanol–water partition coefficient (Wildman–Crippen LogP) is 1.37. The zero-order chi connectivity index (χ0) is 9.26. The van der Waals surface area contributed by atoms with E-state index in [1.165, 1.54) is 11.3 Å². The van der Waals surface area contributed by atoms with Crippen molar-refractivity contribution in [3.63, 3.8) is 0 Å². The molecule has 0 radical (unpaired) electrons. The van der Waals surface area contributed by atoms with Gasteiger partial charge in [-0.3, -0.25) is 4.98 Å². The normalized spacial score (nSPS) is 10.2. The van der Waals surface area contributed by atoms with Crippen molar-refractivity contribution in [2.45, 2.75) is 0 Å². The second-order valence-corrected chi connectivity index (χ2v) is 3.51. The molecule has 0 saturated heterocycles. The van der Waals surface area contributed by atoms with Gasteiger partial charge in [0.1, 0.15) is 5.82 Å². The minimum absolute atomic E-state index is 0.446. The number of rotatable bonds is 1. The number of pyridine rings is 1. The Labute approximate surface area is 79.2 Å². The number of nitrogen functional groups attached to an aromatic ring is 2. The predicted molar refractivity (Wildman–Crippen MR) is 54.2 cm³/mol. The summed E-state index contributed by atoms with van der Waals surface area (Å²) in [5.41, 5.74) is 12.0. The third kappa shape index (κ3) is 1.46. The van der Waals surface area contributed by atoms with Crippen molar-refractivity contribution >= 4 is 22.3 Å². The van der Waals surface area contributed by atoms with E-state index < -0.39 is 0 Å². The summed E-state index contributed by atoms with van der Waals surface area (Å²) in [6, 6.07) is 5.63. The SMILES string of the molecule is Nc1nc(N)c(-c2ccccn2)s1. The van der Waals surface area contributed by atoms with Crippen LogP contribution in [0.4, 0.5) is 10.9 Å². The first-order valence-electron chi connectivity index (χ1n) is 3.70. The topological polar surface area (TPSA) is 77.8 Å². The molecule has 13 heavy (non-hydrogen) atoms. The molecule has 2 rings (SSSR count). The van der Waals surface area contributed by atoms with E-state index in [0.717, 1.165) is 10.6 Å². The highest BCUT2D eigenvalue weighted by Crippen LogP contribution is 2.31. The van der Waals surface area contributed by atoms with Crippen LogP contribution in [-0.2, 0) is 0 Å². The Morgan fingerprint density at radius 1 is 1.23 bits per heavy atom. The number of hydrogen-bond donors (Lipinski definition) is 2. The summed E-state index contributed by atoms with van der Waals surface area (Å²) < 4.78 is 0. The Bertz CT molecular complexity index is 409. The standard InChI is InChI=1S/C8H8N4S/c9-7-6(13-8(10)12-7)5-3-1-2-4-11-5/h1-4H,9H2,(H2,10,12). The Kier molecular flexibility index (Phi) is 1.86. The van der Waals surface area contributed by atoms with Crippen LogP contribution in [0.3, 0.4) is 0 Å². The molecule has 2 aromatic heterocycles. The average Bonchev–Trinajstić information content (AvgIpc) is 2.47. The van der Waals surface area contributed by atoms with E-state index in [1.54, 1.807) is 6.20 Å². The number of hydrogen-bond acceptors (Lipinski definition) is 5. The molecule has 4 N–H and O–H groups in total. The second kappa shape index (κ2) is 3.02. The number of aromatic nitrogens is 2. The number of anilines is 2. The molecule has 2 heterocycles. The third-order valence-electron chi connectivity index (χ3n) is 1.57. The lowest BCUT2D eigenvalue weighted by atomic mass is 10.3. The zero-order valence-corrected chi connectivity index (χ0v) is 7.58. The highest BCUT2D eigenvalue weighted by molar-refractivity contribution is 7.19. The number of nitrogens with zero attached hydrogens (tertiary/aromatic N) is 2. The van der Waals surface area contributed by atoms with Gasteiger partial charge in [-0.15, -0.1) is 0 Å². The molecule has 4 nitrogen and oxygen atoms in total. The fraction of sp³-hybridized carbons (Fsp3) is 0. The van der Waals surface area contributed by atoms with Crippen LogP contribution in [0.1, 0.15) is 0 Å². The fourth-order valence-corrected chi connectivity index (χ4v) is 1.76. The summed E-state index contributed by atoms with van der Waals surface area (Å²) in [4.78, 5) is 8.91. The van der Waals surface area contributed by atoms with E-state index in [2.05, 4.69) is 9.97 Å². The van der Waals surface area contributed by atoms with Crippen molar-refractivity contribution in [3.8, 4) is 10.6 Å². The molecule has 0 aliphatic carbocycles. The molecule has 2 aromatic rings. The molecular formula is C8H8N4S. The first-order chi connectivity index (χ1) is 6.27. The van der Waals surface area contributed by atoms with Crippen LogP contribution in [0.5, 0.6) is 0 Å². The molecule has 66 valence electrons. The monoisotopic (exact) mass is 192 g/mol. The molecule has 0 aliphatic rings. The van der Waals surface area contributed by atoms with Gasteiger partial charge in [-0.1, -0.05) is 17.4 Å². The van der Waals surface area contributed by atoms with Gasteiger partial charge >= 0.3 is 0 Å². The summed E-state index contributed by atoms with van der Waals surface area (Å²) >= 11 is 1.35. The molecule has 5 heteroatoms. The van der Waals surface area contributed by atoms with Crippen LogP contribution >= 0.6 is 11.3 Å².